The van der Waals surface area contributed by atoms with Crippen LogP contribution in [0.3, 0.4) is 0 Å². The Kier molecular flexibility index (Phi) is 2.10. The van der Waals surface area contributed by atoms with Gasteiger partial charge in [-0.15, -0.1) is 10.2 Å². The van der Waals surface area contributed by atoms with Gasteiger partial charge in [0, 0.05) is 5.56 Å². The van der Waals surface area contributed by atoms with Gasteiger partial charge in [-0.1, -0.05) is 0 Å². The lowest BCUT2D eigenvalue weighted by atomic mass is 10.2. The minimum absolute atomic E-state index is 0.192. The monoisotopic (exact) mass is 194 g/mol. The first-order valence-corrected chi connectivity index (χ1v) is 3.88. The predicted molar refractivity (Wildman–Crippen MR) is 46.1 cm³/mol. The van der Waals surface area contributed by atoms with Crippen LogP contribution < -0.4 is 4.74 Å². The van der Waals surface area contributed by atoms with Crippen molar-refractivity contribution in [2.75, 3.05) is 7.11 Å². The molecule has 14 heavy (non-hydrogen) atoms. The molecule has 1 heterocycles. The fraction of sp³-hybridized carbons (Fsp3) is 0.125. The molecule has 0 aliphatic rings. The molecule has 2 rings (SSSR count). The highest BCUT2D eigenvalue weighted by Crippen LogP contribution is 2.22. The summed E-state index contributed by atoms with van der Waals surface area (Å²) in [6, 6.07) is 4.47. The Morgan fingerprint density at radius 2 is 2.29 bits per heavy atom. The van der Waals surface area contributed by atoms with Crippen LogP contribution in [0.2, 0.25) is 0 Å². The van der Waals surface area contributed by atoms with Crippen LogP contribution in [0.25, 0.3) is 11.4 Å². The van der Waals surface area contributed by atoms with Crippen molar-refractivity contribution in [3.63, 3.8) is 0 Å². The molecule has 2 aromatic rings. The summed E-state index contributed by atoms with van der Waals surface area (Å²) in [5.41, 5.74) is 0.553. The Balaban J connectivity index is 2.43. The van der Waals surface area contributed by atoms with Crippen molar-refractivity contribution in [3.05, 3.63) is 24.0 Å². The number of benzene rings is 1. The molecule has 0 unspecified atom stereocenters. The Morgan fingerprint density at radius 1 is 1.43 bits per heavy atom. The summed E-state index contributed by atoms with van der Waals surface area (Å²) in [6.45, 7) is 0. The van der Waals surface area contributed by atoms with Crippen molar-refractivity contribution >= 4 is 0 Å². The lowest BCUT2D eigenvalue weighted by molar-refractivity contribution is 0.386. The van der Waals surface area contributed by atoms with Gasteiger partial charge in [0.1, 0.15) is 0 Å². The quantitative estimate of drug-likeness (QED) is 0.775. The number of H-pyrrole nitrogens is 1. The maximum Gasteiger partial charge on any atom is 0.204 e. The molecule has 0 radical (unpaired) electrons. The summed E-state index contributed by atoms with van der Waals surface area (Å²) in [6.07, 6.45) is 0. The Bertz CT molecular complexity index is 429. The van der Waals surface area contributed by atoms with Crippen LogP contribution in [0, 0.1) is 5.82 Å². The molecule has 0 bridgehead atoms. The second-order valence-electron chi connectivity index (χ2n) is 2.58. The largest absolute Gasteiger partial charge is 0.494 e. The third-order valence-electron chi connectivity index (χ3n) is 1.76. The highest BCUT2D eigenvalue weighted by Gasteiger charge is 2.07. The number of methoxy groups -OCH3 is 1. The second-order valence-corrected chi connectivity index (χ2v) is 2.58. The molecular weight excluding hydrogens is 187 g/mol. The van der Waals surface area contributed by atoms with Crippen molar-refractivity contribution < 1.29 is 9.13 Å². The van der Waals surface area contributed by atoms with Crippen LogP contribution >= 0.6 is 0 Å². The molecule has 1 aromatic heterocycles. The number of hydrogen-bond donors (Lipinski definition) is 1. The van der Waals surface area contributed by atoms with E-state index in [1.54, 1.807) is 6.07 Å². The standard InChI is InChI=1S/C8H7FN4O/c1-14-7-3-2-5(4-6(7)9)8-10-12-13-11-8/h2-4H,1H3,(H,10,11,12,13). The van der Waals surface area contributed by atoms with E-state index in [1.165, 1.54) is 19.2 Å². The van der Waals surface area contributed by atoms with Crippen LogP contribution in [0.15, 0.2) is 18.2 Å². The second kappa shape index (κ2) is 3.41. The molecule has 0 atom stereocenters. The van der Waals surface area contributed by atoms with Crippen LogP contribution in [0.4, 0.5) is 4.39 Å². The minimum Gasteiger partial charge on any atom is -0.494 e. The SMILES string of the molecule is COc1ccc(-c2nn[nH]n2)cc1F. The van der Waals surface area contributed by atoms with E-state index < -0.39 is 5.82 Å². The molecule has 6 heteroatoms. The minimum atomic E-state index is -0.449. The summed E-state index contributed by atoms with van der Waals surface area (Å²) >= 11 is 0. The van der Waals surface area contributed by atoms with Gasteiger partial charge >= 0.3 is 0 Å². The molecule has 0 saturated carbocycles. The lowest BCUT2D eigenvalue weighted by Gasteiger charge is -2.01. The molecule has 0 fully saturated rings. The number of aromatic nitrogens is 4. The molecule has 1 aromatic carbocycles. The number of halogens is 1. The van der Waals surface area contributed by atoms with Gasteiger partial charge in [-0.2, -0.15) is 5.21 Å². The van der Waals surface area contributed by atoms with Gasteiger partial charge in [-0.25, -0.2) is 4.39 Å². The van der Waals surface area contributed by atoms with E-state index in [2.05, 4.69) is 20.6 Å². The molecule has 0 saturated heterocycles. The van der Waals surface area contributed by atoms with Gasteiger partial charge in [-0.3, -0.25) is 0 Å². The van der Waals surface area contributed by atoms with Gasteiger partial charge in [0.25, 0.3) is 0 Å². The number of ether oxygens (including phenoxy) is 1. The van der Waals surface area contributed by atoms with Gasteiger partial charge in [-0.05, 0) is 23.4 Å². The Morgan fingerprint density at radius 3 is 2.86 bits per heavy atom. The number of tetrazole rings is 1. The number of nitrogens with zero attached hydrogens (tertiary/aromatic N) is 3. The van der Waals surface area contributed by atoms with E-state index in [1.807, 2.05) is 0 Å². The third kappa shape index (κ3) is 1.41. The number of rotatable bonds is 2. The smallest absolute Gasteiger partial charge is 0.204 e. The average Bonchev–Trinajstić information content (AvgIpc) is 2.70. The van der Waals surface area contributed by atoms with Gasteiger partial charge in [0.15, 0.2) is 11.6 Å². The normalized spacial score (nSPS) is 10.1. The molecule has 0 aliphatic heterocycles. The van der Waals surface area contributed by atoms with Crippen molar-refractivity contribution in [2.45, 2.75) is 0 Å². The molecule has 0 amide bonds. The summed E-state index contributed by atoms with van der Waals surface area (Å²) in [4.78, 5) is 0. The fourth-order valence-corrected chi connectivity index (χ4v) is 1.09. The van der Waals surface area contributed by atoms with Gasteiger partial charge in [0.2, 0.25) is 5.82 Å². The van der Waals surface area contributed by atoms with Crippen molar-refractivity contribution in [2.24, 2.45) is 0 Å². The Labute approximate surface area is 78.9 Å². The van der Waals surface area contributed by atoms with E-state index in [0.717, 1.165) is 0 Å². The maximum absolute atomic E-state index is 13.2. The summed E-state index contributed by atoms with van der Waals surface area (Å²) in [7, 11) is 1.41. The zero-order chi connectivity index (χ0) is 9.97. The van der Waals surface area contributed by atoms with Crippen molar-refractivity contribution in [3.8, 4) is 17.1 Å². The van der Waals surface area contributed by atoms with Gasteiger partial charge < -0.3 is 4.74 Å². The lowest BCUT2D eigenvalue weighted by Crippen LogP contribution is -1.89. The van der Waals surface area contributed by atoms with E-state index >= 15 is 0 Å². The first kappa shape index (κ1) is 8.61. The van der Waals surface area contributed by atoms with Crippen LogP contribution in [-0.2, 0) is 0 Å². The number of aromatic amines is 1. The number of nitrogens with one attached hydrogen (secondary N) is 1. The topological polar surface area (TPSA) is 63.7 Å². The molecule has 72 valence electrons. The van der Waals surface area contributed by atoms with Crippen molar-refractivity contribution in [1.82, 2.24) is 20.6 Å². The molecule has 0 aliphatic carbocycles. The molecule has 1 N–H and O–H groups in total. The van der Waals surface area contributed by atoms with E-state index in [-0.39, 0.29) is 5.75 Å². The highest BCUT2D eigenvalue weighted by molar-refractivity contribution is 5.55. The zero-order valence-electron chi connectivity index (χ0n) is 7.36. The average molecular weight is 194 g/mol. The van der Waals surface area contributed by atoms with Crippen LogP contribution in [-0.4, -0.2) is 27.7 Å². The van der Waals surface area contributed by atoms with Crippen LogP contribution in [0.5, 0.6) is 5.75 Å². The summed E-state index contributed by atoms with van der Waals surface area (Å²) < 4.78 is 18.0. The first-order valence-electron chi connectivity index (χ1n) is 3.88. The highest BCUT2D eigenvalue weighted by atomic mass is 19.1. The molecular formula is C8H7FN4O. The van der Waals surface area contributed by atoms with Gasteiger partial charge in [0.05, 0.1) is 7.11 Å². The van der Waals surface area contributed by atoms with Crippen molar-refractivity contribution in [1.29, 1.82) is 0 Å². The third-order valence-corrected chi connectivity index (χ3v) is 1.76. The summed E-state index contributed by atoms with van der Waals surface area (Å²) in [5.74, 6) is 0.0959. The first-order chi connectivity index (χ1) is 6.81. The van der Waals surface area contributed by atoms with E-state index in [0.29, 0.717) is 11.4 Å². The zero-order valence-corrected chi connectivity index (χ0v) is 7.36. The molecule has 5 nitrogen and oxygen atoms in total. The fourth-order valence-electron chi connectivity index (χ4n) is 1.09. The van der Waals surface area contributed by atoms with E-state index in [4.69, 9.17) is 4.74 Å². The van der Waals surface area contributed by atoms with E-state index in [9.17, 15) is 4.39 Å². The molecule has 0 spiro atoms. The summed E-state index contributed by atoms with van der Waals surface area (Å²) in [5, 5.41) is 13.1. The number of hydrogen-bond acceptors (Lipinski definition) is 4. The Hall–Kier alpha value is -1.98. The predicted octanol–water partition coefficient (Wildman–Crippen LogP) is 1.01. The van der Waals surface area contributed by atoms with Crippen LogP contribution in [0.1, 0.15) is 0 Å². The maximum atomic E-state index is 13.2.